The quantitative estimate of drug-likeness (QED) is 0.583. The smallest absolute Gasteiger partial charge is 0.300 e. The summed E-state index contributed by atoms with van der Waals surface area (Å²) in [4.78, 5) is 15.8. The number of anilines is 2. The van der Waals surface area contributed by atoms with Crippen molar-refractivity contribution in [3.05, 3.63) is 62.0 Å². The molecular formula is C15H8ClF6N5OS. The normalized spacial score (nSPS) is 12.2. The van der Waals surface area contributed by atoms with E-state index in [1.54, 1.807) is 30.3 Å². The van der Waals surface area contributed by atoms with E-state index in [1.165, 1.54) is 0 Å². The van der Waals surface area contributed by atoms with Gasteiger partial charge in [-0.1, -0.05) is 53.3 Å². The van der Waals surface area contributed by atoms with Crippen LogP contribution in [0.5, 0.6) is 0 Å². The van der Waals surface area contributed by atoms with E-state index in [1.807, 2.05) is 0 Å². The van der Waals surface area contributed by atoms with E-state index in [9.17, 15) is 31.1 Å². The van der Waals surface area contributed by atoms with Crippen LogP contribution in [0.25, 0.3) is 0 Å². The molecule has 0 aliphatic carbocycles. The van der Waals surface area contributed by atoms with Crippen molar-refractivity contribution in [3.63, 3.8) is 0 Å². The first-order valence-electron chi connectivity index (χ1n) is 7.56. The van der Waals surface area contributed by atoms with Crippen LogP contribution in [-0.4, -0.2) is 19.7 Å². The number of rotatable bonds is 4. The topological polar surface area (TPSA) is 72.7 Å². The summed E-state index contributed by atoms with van der Waals surface area (Å²) in [5, 5.41) is 5.39. The van der Waals surface area contributed by atoms with E-state index in [2.05, 4.69) is 20.5 Å². The maximum absolute atomic E-state index is 13.2. The second-order valence-electron chi connectivity index (χ2n) is 5.51. The summed E-state index contributed by atoms with van der Waals surface area (Å²) >= 11 is 5.62. The fourth-order valence-corrected chi connectivity index (χ4v) is 3.07. The highest BCUT2D eigenvalue weighted by Crippen LogP contribution is 2.35. The van der Waals surface area contributed by atoms with E-state index in [0.717, 1.165) is 4.57 Å². The van der Waals surface area contributed by atoms with Gasteiger partial charge in [0, 0.05) is 0 Å². The lowest BCUT2D eigenvalue weighted by Gasteiger charge is -2.16. The summed E-state index contributed by atoms with van der Waals surface area (Å²) in [6, 6.07) is 8.13. The van der Waals surface area contributed by atoms with E-state index in [-0.39, 0.29) is 17.9 Å². The second-order valence-corrected chi connectivity index (χ2v) is 6.86. The van der Waals surface area contributed by atoms with Crippen LogP contribution in [0, 0.1) is 0 Å². The molecule has 0 saturated heterocycles. The minimum Gasteiger partial charge on any atom is -0.300 e. The highest BCUT2D eigenvalue weighted by atomic mass is 35.5. The summed E-state index contributed by atoms with van der Waals surface area (Å²) in [7, 11) is 0. The Bertz CT molecular complexity index is 1080. The van der Waals surface area contributed by atoms with Crippen LogP contribution in [0.2, 0.25) is 5.02 Å². The van der Waals surface area contributed by atoms with Gasteiger partial charge in [-0.05, 0) is 5.56 Å². The molecule has 0 aliphatic rings. The molecule has 1 aromatic carbocycles. The molecule has 0 amide bonds. The molecule has 0 atom stereocenters. The van der Waals surface area contributed by atoms with Crippen LogP contribution >= 0.6 is 22.9 Å². The first-order valence-corrected chi connectivity index (χ1v) is 8.75. The van der Waals surface area contributed by atoms with Crippen LogP contribution < -0.4 is 10.9 Å². The molecule has 0 saturated carbocycles. The maximum Gasteiger partial charge on any atom is 0.445 e. The predicted molar refractivity (Wildman–Crippen MR) is 92.2 cm³/mol. The van der Waals surface area contributed by atoms with Gasteiger partial charge in [-0.25, -0.2) is 4.98 Å². The molecule has 0 spiro atoms. The minimum absolute atomic E-state index is 0.0451. The van der Waals surface area contributed by atoms with Crippen LogP contribution in [-0.2, 0) is 18.9 Å². The number of aromatic nitrogens is 4. The van der Waals surface area contributed by atoms with Gasteiger partial charge in [0.2, 0.25) is 16.1 Å². The largest absolute Gasteiger partial charge is 0.445 e. The lowest BCUT2D eigenvalue weighted by Crippen LogP contribution is -2.29. The van der Waals surface area contributed by atoms with Crippen molar-refractivity contribution in [2.75, 3.05) is 5.32 Å². The fraction of sp³-hybridized carbons (Fsp3) is 0.200. The Kier molecular flexibility index (Phi) is 5.54. The lowest BCUT2D eigenvalue weighted by atomic mass is 10.2. The van der Waals surface area contributed by atoms with Crippen molar-refractivity contribution in [3.8, 4) is 0 Å². The van der Waals surface area contributed by atoms with Gasteiger partial charge in [-0.15, -0.1) is 10.2 Å². The van der Waals surface area contributed by atoms with E-state index < -0.39 is 44.7 Å². The van der Waals surface area contributed by atoms with Gasteiger partial charge >= 0.3 is 12.4 Å². The summed E-state index contributed by atoms with van der Waals surface area (Å²) in [5.74, 6) is -0.680. The third-order valence-corrected chi connectivity index (χ3v) is 4.68. The van der Waals surface area contributed by atoms with Crippen molar-refractivity contribution in [1.29, 1.82) is 0 Å². The molecule has 14 heteroatoms. The standard InChI is InChI=1S/C15H8ClF6N5OS/c16-8-9(14(17,18)19)23-12(24-13-26-25-11(29-13)15(20,21)22)27(10(8)28)6-7-4-2-1-3-5-7/h1-5H,6H2,(H,23,24,26). The summed E-state index contributed by atoms with van der Waals surface area (Å²) < 4.78 is 78.3. The molecule has 1 N–H and O–H groups in total. The average Bonchev–Trinajstić information content (AvgIpc) is 3.10. The molecule has 0 fully saturated rings. The van der Waals surface area contributed by atoms with Gasteiger partial charge in [0.25, 0.3) is 5.56 Å². The molecule has 0 aliphatic heterocycles. The Hall–Kier alpha value is -2.67. The Morgan fingerprint density at radius 1 is 1.03 bits per heavy atom. The van der Waals surface area contributed by atoms with Gasteiger partial charge < -0.3 is 0 Å². The highest BCUT2D eigenvalue weighted by molar-refractivity contribution is 7.15. The third kappa shape index (κ3) is 4.67. The Morgan fingerprint density at radius 2 is 1.69 bits per heavy atom. The minimum atomic E-state index is -5.06. The molecule has 6 nitrogen and oxygen atoms in total. The van der Waals surface area contributed by atoms with Gasteiger partial charge in [0.1, 0.15) is 5.02 Å². The van der Waals surface area contributed by atoms with Crippen molar-refractivity contribution in [1.82, 2.24) is 19.7 Å². The van der Waals surface area contributed by atoms with Gasteiger partial charge in [-0.3, -0.25) is 14.7 Å². The summed E-state index contributed by atoms with van der Waals surface area (Å²) in [6.45, 7) is -0.238. The zero-order chi connectivity index (χ0) is 21.4. The van der Waals surface area contributed by atoms with Crippen molar-refractivity contribution >= 4 is 34.0 Å². The third-order valence-electron chi connectivity index (χ3n) is 3.45. The predicted octanol–water partition coefficient (Wildman–Crippen LogP) is 4.58. The van der Waals surface area contributed by atoms with Gasteiger partial charge in [0.15, 0.2) is 5.69 Å². The van der Waals surface area contributed by atoms with Crippen LogP contribution in [0.15, 0.2) is 35.1 Å². The first-order chi connectivity index (χ1) is 13.5. The van der Waals surface area contributed by atoms with Crippen molar-refractivity contribution < 1.29 is 26.3 Å². The van der Waals surface area contributed by atoms with Crippen LogP contribution in [0.4, 0.5) is 37.4 Å². The number of hydrogen-bond donors (Lipinski definition) is 1. The first kappa shape index (κ1) is 21.0. The molecule has 2 aromatic heterocycles. The fourth-order valence-electron chi connectivity index (χ4n) is 2.21. The summed E-state index contributed by atoms with van der Waals surface area (Å²) in [5.41, 5.74) is -2.37. The molecule has 2 heterocycles. The monoisotopic (exact) mass is 455 g/mol. The summed E-state index contributed by atoms with van der Waals surface area (Å²) in [6.07, 6.45) is -9.84. The van der Waals surface area contributed by atoms with Crippen molar-refractivity contribution in [2.24, 2.45) is 0 Å². The number of alkyl halides is 6. The number of hydrogen-bond acceptors (Lipinski definition) is 6. The Labute approximate surface area is 166 Å². The Balaban J connectivity index is 2.10. The number of halogens is 7. The molecule has 3 rings (SSSR count). The number of nitrogens with zero attached hydrogens (tertiary/aromatic N) is 4. The number of nitrogens with one attached hydrogen (secondary N) is 1. The van der Waals surface area contributed by atoms with Gasteiger partial charge in [-0.2, -0.15) is 26.3 Å². The highest BCUT2D eigenvalue weighted by Gasteiger charge is 2.39. The molecule has 0 bridgehead atoms. The average molecular weight is 456 g/mol. The maximum atomic E-state index is 13.2. The molecule has 154 valence electrons. The molecule has 29 heavy (non-hydrogen) atoms. The van der Waals surface area contributed by atoms with Gasteiger partial charge in [0.05, 0.1) is 6.54 Å². The Morgan fingerprint density at radius 3 is 2.24 bits per heavy atom. The second kappa shape index (κ2) is 7.63. The van der Waals surface area contributed by atoms with Crippen LogP contribution in [0.3, 0.4) is 0 Å². The molecule has 3 aromatic rings. The van der Waals surface area contributed by atoms with E-state index in [4.69, 9.17) is 11.6 Å². The zero-order valence-electron chi connectivity index (χ0n) is 13.8. The molecule has 0 radical (unpaired) electrons. The SMILES string of the molecule is O=c1c(Cl)c(C(F)(F)F)nc(Nc2nnc(C(F)(F)F)s2)n1Cc1ccccc1. The van der Waals surface area contributed by atoms with E-state index in [0.29, 0.717) is 5.56 Å². The van der Waals surface area contributed by atoms with E-state index >= 15 is 0 Å². The number of benzene rings is 1. The zero-order valence-corrected chi connectivity index (χ0v) is 15.4. The molecular weight excluding hydrogens is 448 g/mol. The van der Waals surface area contributed by atoms with Crippen molar-refractivity contribution in [2.45, 2.75) is 18.9 Å². The van der Waals surface area contributed by atoms with Crippen LogP contribution in [0.1, 0.15) is 16.3 Å². The lowest BCUT2D eigenvalue weighted by molar-refractivity contribution is -0.141. The molecule has 0 unspecified atom stereocenters.